The van der Waals surface area contributed by atoms with Crippen molar-refractivity contribution in [3.05, 3.63) is 76.6 Å². The van der Waals surface area contributed by atoms with Crippen molar-refractivity contribution in [3.8, 4) is 0 Å². The van der Waals surface area contributed by atoms with Gasteiger partial charge >= 0.3 is 5.97 Å². The molecule has 1 unspecified atom stereocenters. The van der Waals surface area contributed by atoms with Crippen molar-refractivity contribution in [3.63, 3.8) is 0 Å². The summed E-state index contributed by atoms with van der Waals surface area (Å²) in [5, 5.41) is 0.579. The molecule has 0 aromatic heterocycles. The van der Waals surface area contributed by atoms with E-state index in [1.165, 1.54) is 30.3 Å². The van der Waals surface area contributed by atoms with E-state index in [9.17, 15) is 14.0 Å². The first-order chi connectivity index (χ1) is 13.5. The Balaban J connectivity index is 1.70. The number of carbonyl (C=O) groups excluding carboxylic acids is 2. The van der Waals surface area contributed by atoms with Crippen LogP contribution in [0.2, 0.25) is 5.02 Å². The van der Waals surface area contributed by atoms with Crippen molar-refractivity contribution in [1.29, 1.82) is 0 Å². The summed E-state index contributed by atoms with van der Waals surface area (Å²) >= 11 is 5.94. The summed E-state index contributed by atoms with van der Waals surface area (Å²) in [6.45, 7) is 0.492. The number of likely N-dealkylation sites (tertiary alicyclic amines) is 1. The standard InChI is InChI=1S/C22H21ClFNO3/c23-18-6-4-5-16(15-18)8-13-21(26)28-20-7-2-1-3-14-25(20)22(27)17-9-11-19(24)12-10-17/h4-6,8-13,15,20H,1-3,7,14H2/b13-8+. The van der Waals surface area contributed by atoms with E-state index in [-0.39, 0.29) is 5.91 Å². The molecule has 3 rings (SSSR count). The van der Waals surface area contributed by atoms with Gasteiger partial charge in [-0.15, -0.1) is 0 Å². The molecule has 1 heterocycles. The van der Waals surface area contributed by atoms with E-state index in [0.29, 0.717) is 23.6 Å². The van der Waals surface area contributed by atoms with Crippen molar-refractivity contribution < 1.29 is 18.7 Å². The summed E-state index contributed by atoms with van der Waals surface area (Å²) in [7, 11) is 0. The van der Waals surface area contributed by atoms with E-state index >= 15 is 0 Å². The largest absolute Gasteiger partial charge is 0.438 e. The number of hydrogen-bond acceptors (Lipinski definition) is 3. The lowest BCUT2D eigenvalue weighted by Gasteiger charge is -2.29. The molecule has 4 nitrogen and oxygen atoms in total. The molecule has 1 aliphatic rings. The molecule has 2 aromatic rings. The fourth-order valence-corrected chi connectivity index (χ4v) is 3.34. The number of ether oxygens (including phenoxy) is 1. The van der Waals surface area contributed by atoms with Crippen LogP contribution < -0.4 is 0 Å². The maximum absolute atomic E-state index is 13.1. The van der Waals surface area contributed by atoms with Crippen LogP contribution in [0.25, 0.3) is 6.08 Å². The Morgan fingerprint density at radius 3 is 2.64 bits per heavy atom. The summed E-state index contributed by atoms with van der Waals surface area (Å²) in [6, 6.07) is 12.5. The van der Waals surface area contributed by atoms with Gasteiger partial charge in [0.1, 0.15) is 5.82 Å². The van der Waals surface area contributed by atoms with Crippen LogP contribution in [0.1, 0.15) is 41.6 Å². The Hall–Kier alpha value is -2.66. The topological polar surface area (TPSA) is 46.6 Å². The van der Waals surface area contributed by atoms with Crippen molar-refractivity contribution in [2.75, 3.05) is 6.54 Å². The van der Waals surface area contributed by atoms with E-state index in [1.54, 1.807) is 29.2 Å². The first-order valence-electron chi connectivity index (χ1n) is 9.24. The van der Waals surface area contributed by atoms with Gasteiger partial charge in [-0.3, -0.25) is 4.79 Å². The molecule has 0 bridgehead atoms. The molecule has 28 heavy (non-hydrogen) atoms. The molecule has 0 aliphatic carbocycles. The zero-order valence-electron chi connectivity index (χ0n) is 15.3. The molecule has 1 saturated heterocycles. The van der Waals surface area contributed by atoms with Crippen LogP contribution in [-0.4, -0.2) is 29.5 Å². The van der Waals surface area contributed by atoms with Gasteiger partial charge in [0.05, 0.1) is 0 Å². The monoisotopic (exact) mass is 401 g/mol. The van der Waals surface area contributed by atoms with Gasteiger partial charge in [-0.2, -0.15) is 0 Å². The van der Waals surface area contributed by atoms with Gasteiger partial charge in [0.25, 0.3) is 5.91 Å². The molecule has 0 saturated carbocycles. The van der Waals surface area contributed by atoms with Gasteiger partial charge in [0.2, 0.25) is 0 Å². The molecule has 1 atom stereocenters. The highest BCUT2D eigenvalue weighted by atomic mass is 35.5. The SMILES string of the molecule is O=C(/C=C/c1cccc(Cl)c1)OC1CCCCCN1C(=O)c1ccc(F)cc1. The lowest BCUT2D eigenvalue weighted by molar-refractivity contribution is -0.150. The summed E-state index contributed by atoms with van der Waals surface area (Å²) in [4.78, 5) is 26.7. The first kappa shape index (κ1) is 20.1. The smallest absolute Gasteiger partial charge is 0.332 e. The highest BCUT2D eigenvalue weighted by molar-refractivity contribution is 6.30. The number of amides is 1. The maximum atomic E-state index is 13.1. The molecule has 0 spiro atoms. The number of benzene rings is 2. The Kier molecular flexibility index (Phi) is 6.82. The average Bonchev–Trinajstić information content (AvgIpc) is 2.92. The Morgan fingerprint density at radius 2 is 1.89 bits per heavy atom. The molecule has 1 amide bonds. The third-order valence-corrected chi connectivity index (χ3v) is 4.80. The van der Waals surface area contributed by atoms with Gasteiger partial charge in [-0.05, 0) is 60.9 Å². The number of rotatable bonds is 4. The minimum Gasteiger partial charge on any atom is -0.438 e. The van der Waals surface area contributed by atoms with E-state index < -0.39 is 18.0 Å². The fourth-order valence-electron chi connectivity index (χ4n) is 3.14. The second-order valence-electron chi connectivity index (χ2n) is 6.63. The minimum atomic E-state index is -0.642. The Morgan fingerprint density at radius 1 is 1.11 bits per heavy atom. The van der Waals surface area contributed by atoms with E-state index in [0.717, 1.165) is 24.8 Å². The molecule has 6 heteroatoms. The molecular weight excluding hydrogens is 381 g/mol. The third kappa shape index (κ3) is 5.42. The van der Waals surface area contributed by atoms with Crippen molar-refractivity contribution in [2.24, 2.45) is 0 Å². The maximum Gasteiger partial charge on any atom is 0.332 e. The van der Waals surface area contributed by atoms with Crippen LogP contribution in [0.15, 0.2) is 54.6 Å². The van der Waals surface area contributed by atoms with E-state index in [1.807, 2.05) is 6.07 Å². The summed E-state index contributed by atoms with van der Waals surface area (Å²) in [5.74, 6) is -1.19. The number of esters is 1. The quantitative estimate of drug-likeness (QED) is 0.530. The lowest BCUT2D eigenvalue weighted by atomic mass is 10.2. The van der Waals surface area contributed by atoms with Crippen molar-refractivity contribution in [1.82, 2.24) is 4.90 Å². The summed E-state index contributed by atoms with van der Waals surface area (Å²) in [6.07, 6.45) is 5.54. The zero-order chi connectivity index (χ0) is 19.9. The molecule has 0 N–H and O–H groups in total. The van der Waals surface area contributed by atoms with E-state index in [2.05, 4.69) is 0 Å². The average molecular weight is 402 g/mol. The van der Waals surface area contributed by atoms with Crippen LogP contribution in [0.4, 0.5) is 4.39 Å². The Bertz CT molecular complexity index is 866. The van der Waals surface area contributed by atoms with Crippen LogP contribution in [-0.2, 0) is 9.53 Å². The number of carbonyl (C=O) groups is 2. The number of halogens is 2. The molecule has 2 aromatic carbocycles. The van der Waals surface area contributed by atoms with E-state index in [4.69, 9.17) is 16.3 Å². The zero-order valence-corrected chi connectivity index (χ0v) is 16.1. The first-order valence-corrected chi connectivity index (χ1v) is 9.61. The van der Waals surface area contributed by atoms with Gasteiger partial charge in [0, 0.05) is 29.6 Å². The Labute approximate surface area is 168 Å². The molecule has 0 radical (unpaired) electrons. The van der Waals surface area contributed by atoms with Gasteiger partial charge in [-0.1, -0.05) is 30.2 Å². The molecule has 146 valence electrons. The van der Waals surface area contributed by atoms with Crippen LogP contribution in [0, 0.1) is 5.82 Å². The van der Waals surface area contributed by atoms with Crippen molar-refractivity contribution >= 4 is 29.6 Å². The minimum absolute atomic E-state index is 0.265. The predicted molar refractivity (Wildman–Crippen MR) is 106 cm³/mol. The van der Waals surface area contributed by atoms with Gasteiger partial charge < -0.3 is 9.64 Å². The highest BCUT2D eigenvalue weighted by Gasteiger charge is 2.28. The second kappa shape index (κ2) is 9.51. The van der Waals surface area contributed by atoms with Crippen LogP contribution >= 0.6 is 11.6 Å². The predicted octanol–water partition coefficient (Wildman–Crippen LogP) is 5.08. The normalized spacial score (nSPS) is 17.4. The summed E-state index contributed by atoms with van der Waals surface area (Å²) in [5.41, 5.74) is 1.16. The van der Waals surface area contributed by atoms with Gasteiger partial charge in [0.15, 0.2) is 6.23 Å². The highest BCUT2D eigenvalue weighted by Crippen LogP contribution is 2.21. The molecule has 1 aliphatic heterocycles. The lowest BCUT2D eigenvalue weighted by Crippen LogP contribution is -2.42. The third-order valence-electron chi connectivity index (χ3n) is 4.56. The van der Waals surface area contributed by atoms with Crippen LogP contribution in [0.5, 0.6) is 0 Å². The number of nitrogens with zero attached hydrogens (tertiary/aromatic N) is 1. The molecule has 1 fully saturated rings. The van der Waals surface area contributed by atoms with Gasteiger partial charge in [-0.25, -0.2) is 9.18 Å². The fraction of sp³-hybridized carbons (Fsp3) is 0.273. The number of hydrogen-bond donors (Lipinski definition) is 0. The summed E-state index contributed by atoms with van der Waals surface area (Å²) < 4.78 is 18.7. The van der Waals surface area contributed by atoms with Crippen molar-refractivity contribution in [2.45, 2.75) is 31.9 Å². The molecular formula is C22H21ClFNO3. The van der Waals surface area contributed by atoms with Crippen LogP contribution in [0.3, 0.4) is 0 Å². The second-order valence-corrected chi connectivity index (χ2v) is 7.07.